The molecule has 8 nitrogen and oxygen atoms in total. The third kappa shape index (κ3) is 5.42. The summed E-state index contributed by atoms with van der Waals surface area (Å²) in [5.74, 6) is -0.215. The van der Waals surface area contributed by atoms with Crippen LogP contribution in [0, 0.1) is 0 Å². The van der Waals surface area contributed by atoms with Gasteiger partial charge >= 0.3 is 0 Å². The fraction of sp³-hybridized carbons (Fsp3) is 0.842. The molecule has 2 heterocycles. The molecule has 3 amide bonds. The highest BCUT2D eigenvalue weighted by Gasteiger charge is 2.42. The van der Waals surface area contributed by atoms with Crippen molar-refractivity contribution in [1.82, 2.24) is 20.0 Å². The lowest BCUT2D eigenvalue weighted by atomic mass is 9.99. The second-order valence-corrected chi connectivity index (χ2v) is 7.50. The van der Waals surface area contributed by atoms with Crippen LogP contribution in [0.2, 0.25) is 0 Å². The van der Waals surface area contributed by atoms with Gasteiger partial charge in [0, 0.05) is 33.2 Å². The van der Waals surface area contributed by atoms with E-state index >= 15 is 0 Å². The molecule has 2 atom stereocenters. The first kappa shape index (κ1) is 21.6. The highest BCUT2D eigenvalue weighted by Crippen LogP contribution is 2.22. The molecule has 0 aliphatic carbocycles. The van der Waals surface area contributed by atoms with Crippen molar-refractivity contribution in [3.05, 3.63) is 0 Å². The summed E-state index contributed by atoms with van der Waals surface area (Å²) in [6.07, 6.45) is 4.62. The van der Waals surface area contributed by atoms with Crippen LogP contribution in [0.1, 0.15) is 45.4 Å². The van der Waals surface area contributed by atoms with Gasteiger partial charge in [-0.1, -0.05) is 19.8 Å². The van der Waals surface area contributed by atoms with Crippen molar-refractivity contribution in [3.63, 3.8) is 0 Å². The zero-order valence-electron chi connectivity index (χ0n) is 16.8. The minimum Gasteiger partial charge on any atom is -0.338 e. The molecular formula is C19H35N5O3. The number of unbranched alkanes of at least 4 members (excludes halogenated alkanes) is 2. The first-order chi connectivity index (χ1) is 13.0. The Morgan fingerprint density at radius 1 is 1.22 bits per heavy atom. The summed E-state index contributed by atoms with van der Waals surface area (Å²) in [4.78, 5) is 43.8. The number of nitrogens with zero attached hydrogens (tertiary/aromatic N) is 3. The number of nitrogens with one attached hydrogen (secondary N) is 1. The maximum absolute atomic E-state index is 13.2. The van der Waals surface area contributed by atoms with E-state index in [0.717, 1.165) is 38.8 Å². The number of rotatable bonds is 9. The third-order valence-corrected chi connectivity index (χ3v) is 5.59. The number of nitrogens with two attached hydrogens (primary N) is 1. The maximum atomic E-state index is 13.2. The molecule has 154 valence electrons. The lowest BCUT2D eigenvalue weighted by Gasteiger charge is -2.43. The molecule has 0 saturated carbocycles. The van der Waals surface area contributed by atoms with Gasteiger partial charge in [-0.2, -0.15) is 0 Å². The highest BCUT2D eigenvalue weighted by atomic mass is 16.2. The summed E-state index contributed by atoms with van der Waals surface area (Å²) in [7, 11) is 1.69. The van der Waals surface area contributed by atoms with E-state index in [2.05, 4.69) is 12.2 Å². The Labute approximate surface area is 162 Å². The zero-order chi connectivity index (χ0) is 19.8. The number of hydrogen-bond donors (Lipinski definition) is 2. The standard InChI is InChI=1S/C19H35N5O3/c1-3-4-7-15-19(27)24(14-17(25)22(15)2)16(8-5-6-9-20)18(26)23-12-10-21-11-13-23/h15-16,21H,3-14,20H2,1-2H3/t15-,16-/m0/s1. The Balaban J connectivity index is 2.19. The maximum Gasteiger partial charge on any atom is 0.246 e. The molecule has 0 spiro atoms. The molecule has 8 heteroatoms. The van der Waals surface area contributed by atoms with Crippen LogP contribution < -0.4 is 11.1 Å². The van der Waals surface area contributed by atoms with Gasteiger partial charge in [0.05, 0.1) is 0 Å². The van der Waals surface area contributed by atoms with Gasteiger partial charge < -0.3 is 25.8 Å². The molecule has 2 rings (SSSR count). The van der Waals surface area contributed by atoms with Gasteiger partial charge in [0.2, 0.25) is 17.7 Å². The van der Waals surface area contributed by atoms with Crippen molar-refractivity contribution in [2.45, 2.75) is 57.5 Å². The summed E-state index contributed by atoms with van der Waals surface area (Å²) >= 11 is 0. The number of hydrogen-bond acceptors (Lipinski definition) is 5. The lowest BCUT2D eigenvalue weighted by molar-refractivity contribution is -0.161. The van der Waals surface area contributed by atoms with Crippen LogP contribution in [0.3, 0.4) is 0 Å². The van der Waals surface area contributed by atoms with E-state index in [1.807, 2.05) is 4.90 Å². The molecule has 0 radical (unpaired) electrons. The molecule has 3 N–H and O–H groups in total. The van der Waals surface area contributed by atoms with E-state index < -0.39 is 12.1 Å². The van der Waals surface area contributed by atoms with E-state index in [1.165, 1.54) is 0 Å². The van der Waals surface area contributed by atoms with Crippen molar-refractivity contribution >= 4 is 17.7 Å². The van der Waals surface area contributed by atoms with Crippen LogP contribution in [0.25, 0.3) is 0 Å². The predicted molar refractivity (Wildman–Crippen MR) is 104 cm³/mol. The minimum atomic E-state index is -0.566. The van der Waals surface area contributed by atoms with E-state index in [4.69, 9.17) is 5.73 Å². The van der Waals surface area contributed by atoms with Crippen molar-refractivity contribution in [1.29, 1.82) is 0 Å². The summed E-state index contributed by atoms with van der Waals surface area (Å²) in [6, 6.07) is -1.03. The van der Waals surface area contributed by atoms with Gasteiger partial charge in [0.1, 0.15) is 18.6 Å². The highest BCUT2D eigenvalue weighted by molar-refractivity contribution is 5.98. The summed E-state index contributed by atoms with van der Waals surface area (Å²) in [5, 5.41) is 3.24. The molecule has 2 saturated heterocycles. The molecule has 27 heavy (non-hydrogen) atoms. The zero-order valence-corrected chi connectivity index (χ0v) is 16.8. The van der Waals surface area contributed by atoms with Crippen LogP contribution in [0.4, 0.5) is 0 Å². The number of amides is 3. The van der Waals surface area contributed by atoms with Crippen LogP contribution in [-0.4, -0.2) is 90.8 Å². The average Bonchev–Trinajstić information content (AvgIpc) is 2.69. The summed E-state index contributed by atoms with van der Waals surface area (Å²) in [5.41, 5.74) is 5.61. The van der Waals surface area contributed by atoms with Gasteiger partial charge in [0.15, 0.2) is 0 Å². The van der Waals surface area contributed by atoms with Crippen molar-refractivity contribution in [3.8, 4) is 0 Å². The smallest absolute Gasteiger partial charge is 0.246 e. The SMILES string of the molecule is CCCC[C@H]1C(=O)N([C@@H](CCCCN)C(=O)N2CCNCC2)CC(=O)N1C. The molecule has 0 aromatic carbocycles. The van der Waals surface area contributed by atoms with Crippen LogP contribution in [-0.2, 0) is 14.4 Å². The van der Waals surface area contributed by atoms with Crippen LogP contribution in [0.15, 0.2) is 0 Å². The molecule has 0 aromatic rings. The van der Waals surface area contributed by atoms with Crippen LogP contribution in [0.5, 0.6) is 0 Å². The van der Waals surface area contributed by atoms with Crippen molar-refractivity contribution in [2.24, 2.45) is 5.73 Å². The largest absolute Gasteiger partial charge is 0.338 e. The number of likely N-dealkylation sites (N-methyl/N-ethyl adjacent to an activating group) is 1. The Kier molecular flexibility index (Phi) is 8.50. The Morgan fingerprint density at radius 2 is 1.93 bits per heavy atom. The fourth-order valence-corrected chi connectivity index (χ4v) is 3.84. The Hall–Kier alpha value is -1.67. The van der Waals surface area contributed by atoms with Crippen LogP contribution >= 0.6 is 0 Å². The summed E-state index contributed by atoms with van der Waals surface area (Å²) < 4.78 is 0. The quantitative estimate of drug-likeness (QED) is 0.538. The van der Waals surface area contributed by atoms with E-state index in [0.29, 0.717) is 32.5 Å². The first-order valence-electron chi connectivity index (χ1n) is 10.3. The Bertz CT molecular complexity index is 521. The normalized spacial score (nSPS) is 22.3. The number of piperazine rings is 2. The second kappa shape index (κ2) is 10.6. The minimum absolute atomic E-state index is 0.0108. The lowest BCUT2D eigenvalue weighted by Crippen LogP contribution is -2.64. The molecule has 2 aliphatic rings. The number of carbonyl (C=O) groups is 3. The molecule has 0 unspecified atom stereocenters. The van der Waals surface area contributed by atoms with Gasteiger partial charge in [0.25, 0.3) is 0 Å². The fourth-order valence-electron chi connectivity index (χ4n) is 3.84. The summed E-state index contributed by atoms with van der Waals surface area (Å²) in [6.45, 7) is 5.41. The van der Waals surface area contributed by atoms with Gasteiger partial charge in [-0.25, -0.2) is 0 Å². The van der Waals surface area contributed by atoms with E-state index in [9.17, 15) is 14.4 Å². The molecule has 2 aliphatic heterocycles. The average molecular weight is 382 g/mol. The predicted octanol–water partition coefficient (Wildman–Crippen LogP) is -0.225. The molecule has 0 bridgehead atoms. The van der Waals surface area contributed by atoms with E-state index in [-0.39, 0.29) is 24.3 Å². The van der Waals surface area contributed by atoms with Gasteiger partial charge in [-0.3, -0.25) is 14.4 Å². The molecule has 0 aromatic heterocycles. The first-order valence-corrected chi connectivity index (χ1v) is 10.3. The topological polar surface area (TPSA) is 99.0 Å². The number of carbonyl (C=O) groups excluding carboxylic acids is 3. The third-order valence-electron chi connectivity index (χ3n) is 5.59. The van der Waals surface area contributed by atoms with Crippen molar-refractivity contribution < 1.29 is 14.4 Å². The van der Waals surface area contributed by atoms with Gasteiger partial charge in [-0.05, 0) is 32.2 Å². The monoisotopic (exact) mass is 381 g/mol. The molecule has 2 fully saturated rings. The van der Waals surface area contributed by atoms with Crippen molar-refractivity contribution in [2.75, 3.05) is 46.3 Å². The molecular weight excluding hydrogens is 346 g/mol. The Morgan fingerprint density at radius 3 is 2.56 bits per heavy atom. The van der Waals surface area contributed by atoms with Gasteiger partial charge in [-0.15, -0.1) is 0 Å². The second-order valence-electron chi connectivity index (χ2n) is 7.50. The van der Waals surface area contributed by atoms with E-state index in [1.54, 1.807) is 16.8 Å².